The minimum Gasteiger partial charge on any atom is -0.497 e. The van der Waals surface area contributed by atoms with E-state index in [4.69, 9.17) is 18.9 Å². The molecule has 5 aromatic rings. The van der Waals surface area contributed by atoms with E-state index in [-0.39, 0.29) is 15.7 Å². The second kappa shape index (κ2) is 15.3. The van der Waals surface area contributed by atoms with Crippen LogP contribution in [0.4, 0.5) is 5.88 Å². The molecule has 2 atom stereocenters. The van der Waals surface area contributed by atoms with Crippen molar-refractivity contribution in [2.75, 3.05) is 32.2 Å². The second-order valence-electron chi connectivity index (χ2n) is 12.6. The zero-order valence-corrected chi connectivity index (χ0v) is 30.6. The lowest BCUT2D eigenvalue weighted by atomic mass is 10.0. The minimum atomic E-state index is -4.09. The fourth-order valence-electron chi connectivity index (χ4n) is 5.99. The molecule has 1 aliphatic heterocycles. The normalized spacial score (nSPS) is 14.9. The SMILES string of the molecule is COc1ccc(C(NS(=O)(=O)c2ccc(C)cc2)c2nc(C(NS(=O)(=O)c3ccc(C)cc3)c3ccc(OC)cc3)c(N3CCCCC3)o2)cc1. The van der Waals surface area contributed by atoms with Gasteiger partial charge in [0.1, 0.15) is 23.2 Å². The van der Waals surface area contributed by atoms with Crippen molar-refractivity contribution in [3.63, 3.8) is 0 Å². The third kappa shape index (κ3) is 8.28. The molecule has 0 amide bonds. The van der Waals surface area contributed by atoms with E-state index in [9.17, 15) is 16.8 Å². The van der Waals surface area contributed by atoms with Gasteiger partial charge in [-0.1, -0.05) is 59.7 Å². The molecule has 13 heteroatoms. The van der Waals surface area contributed by atoms with E-state index in [1.165, 1.54) is 0 Å². The van der Waals surface area contributed by atoms with Crippen LogP contribution in [0, 0.1) is 13.8 Å². The molecule has 0 aliphatic carbocycles. The largest absolute Gasteiger partial charge is 0.497 e. The molecular formula is C38H42N4O7S2. The van der Waals surface area contributed by atoms with Gasteiger partial charge in [0.25, 0.3) is 0 Å². The average molecular weight is 731 g/mol. The van der Waals surface area contributed by atoms with Gasteiger partial charge < -0.3 is 18.8 Å². The quantitative estimate of drug-likeness (QED) is 0.140. The Labute approximate surface area is 299 Å². The van der Waals surface area contributed by atoms with Crippen molar-refractivity contribution in [3.05, 3.63) is 131 Å². The molecule has 1 fully saturated rings. The summed E-state index contributed by atoms with van der Waals surface area (Å²) >= 11 is 0. The van der Waals surface area contributed by atoms with Crippen molar-refractivity contribution in [2.24, 2.45) is 0 Å². The number of nitrogens with zero attached hydrogens (tertiary/aromatic N) is 2. The van der Waals surface area contributed by atoms with Gasteiger partial charge in [-0.25, -0.2) is 21.8 Å². The first-order chi connectivity index (χ1) is 24.5. The first kappa shape index (κ1) is 36.1. The van der Waals surface area contributed by atoms with E-state index >= 15 is 0 Å². The molecule has 6 rings (SSSR count). The molecule has 0 radical (unpaired) electrons. The number of aryl methyl sites for hydroxylation is 2. The number of rotatable bonds is 13. The fourth-order valence-corrected chi connectivity index (χ4v) is 8.36. The monoisotopic (exact) mass is 730 g/mol. The molecule has 2 unspecified atom stereocenters. The molecule has 4 aromatic carbocycles. The maximum absolute atomic E-state index is 14.0. The minimum absolute atomic E-state index is 0.0551. The Morgan fingerprint density at radius 1 is 0.627 bits per heavy atom. The van der Waals surface area contributed by atoms with E-state index in [0.717, 1.165) is 30.4 Å². The highest BCUT2D eigenvalue weighted by atomic mass is 32.2. The number of anilines is 1. The molecule has 268 valence electrons. The number of hydrogen-bond donors (Lipinski definition) is 2. The Balaban J connectivity index is 1.52. The summed E-state index contributed by atoms with van der Waals surface area (Å²) in [4.78, 5) is 7.20. The van der Waals surface area contributed by atoms with Crippen LogP contribution in [0.1, 0.15) is 65.2 Å². The molecule has 0 saturated carbocycles. The van der Waals surface area contributed by atoms with Crippen molar-refractivity contribution in [1.29, 1.82) is 0 Å². The Hall–Kier alpha value is -4.69. The van der Waals surface area contributed by atoms with E-state index in [0.29, 0.717) is 47.3 Å². The van der Waals surface area contributed by atoms with Gasteiger partial charge >= 0.3 is 0 Å². The number of oxazole rings is 1. The molecule has 2 heterocycles. The first-order valence-corrected chi connectivity index (χ1v) is 19.7. The zero-order chi connectivity index (χ0) is 36.2. The Bertz CT molecular complexity index is 2150. The number of piperidine rings is 1. The summed E-state index contributed by atoms with van der Waals surface area (Å²) in [5.41, 5.74) is 3.28. The van der Waals surface area contributed by atoms with Gasteiger partial charge in [0, 0.05) is 13.1 Å². The maximum atomic E-state index is 14.0. The molecule has 1 aliphatic rings. The zero-order valence-electron chi connectivity index (χ0n) is 29.0. The van der Waals surface area contributed by atoms with Crippen LogP contribution < -0.4 is 23.8 Å². The topological polar surface area (TPSA) is 140 Å². The second-order valence-corrected chi connectivity index (χ2v) is 16.0. The van der Waals surface area contributed by atoms with Crippen LogP contribution in [0.15, 0.2) is 111 Å². The maximum Gasteiger partial charge on any atom is 0.241 e. The number of ether oxygens (including phenoxy) is 2. The highest BCUT2D eigenvalue weighted by Gasteiger charge is 2.35. The lowest BCUT2D eigenvalue weighted by Crippen LogP contribution is -2.33. The van der Waals surface area contributed by atoms with Crippen molar-refractivity contribution in [2.45, 2.75) is 55.0 Å². The van der Waals surface area contributed by atoms with Gasteiger partial charge in [-0.2, -0.15) is 9.44 Å². The van der Waals surface area contributed by atoms with Gasteiger partial charge in [-0.15, -0.1) is 0 Å². The molecule has 0 spiro atoms. The molecule has 1 saturated heterocycles. The third-order valence-electron chi connectivity index (χ3n) is 8.92. The van der Waals surface area contributed by atoms with E-state index < -0.39 is 32.1 Å². The van der Waals surface area contributed by atoms with Gasteiger partial charge in [-0.3, -0.25) is 0 Å². The Morgan fingerprint density at radius 3 is 1.51 bits per heavy atom. The third-order valence-corrected chi connectivity index (χ3v) is 11.8. The number of sulfonamides is 2. The number of nitrogens with one attached hydrogen (secondary N) is 2. The summed E-state index contributed by atoms with van der Waals surface area (Å²) in [7, 11) is -5.06. The van der Waals surface area contributed by atoms with Gasteiger partial charge in [0.05, 0.1) is 30.1 Å². The van der Waals surface area contributed by atoms with Crippen LogP contribution in [0.25, 0.3) is 0 Å². The van der Waals surface area contributed by atoms with Crippen LogP contribution in [-0.4, -0.2) is 49.1 Å². The van der Waals surface area contributed by atoms with Crippen LogP contribution >= 0.6 is 0 Å². The number of aromatic nitrogens is 1. The van der Waals surface area contributed by atoms with E-state index in [1.807, 2.05) is 18.7 Å². The first-order valence-electron chi connectivity index (χ1n) is 16.7. The molecule has 2 N–H and O–H groups in total. The van der Waals surface area contributed by atoms with Crippen molar-refractivity contribution in [3.8, 4) is 11.5 Å². The smallest absolute Gasteiger partial charge is 0.241 e. The summed E-state index contributed by atoms with van der Waals surface area (Å²) in [6.45, 7) is 5.08. The predicted octanol–water partition coefficient (Wildman–Crippen LogP) is 6.43. The molecule has 11 nitrogen and oxygen atoms in total. The summed E-state index contributed by atoms with van der Waals surface area (Å²) in [6.07, 6.45) is 2.85. The number of benzene rings is 4. The van der Waals surface area contributed by atoms with Crippen LogP contribution in [0.2, 0.25) is 0 Å². The fraction of sp³-hybridized carbons (Fsp3) is 0.289. The van der Waals surface area contributed by atoms with E-state index in [2.05, 4.69) is 9.44 Å². The highest BCUT2D eigenvalue weighted by Crippen LogP contribution is 2.38. The van der Waals surface area contributed by atoms with Crippen molar-refractivity contribution >= 4 is 25.9 Å². The lowest BCUT2D eigenvalue weighted by molar-refractivity contribution is 0.413. The summed E-state index contributed by atoms with van der Waals surface area (Å²) in [5, 5.41) is 0. The Kier molecular flexibility index (Phi) is 10.8. The molecule has 1 aromatic heterocycles. The van der Waals surface area contributed by atoms with Gasteiger partial charge in [0.15, 0.2) is 0 Å². The lowest BCUT2D eigenvalue weighted by Gasteiger charge is -2.28. The summed E-state index contributed by atoms with van der Waals surface area (Å²) in [5.74, 6) is 1.61. The van der Waals surface area contributed by atoms with Crippen molar-refractivity contribution in [1.82, 2.24) is 14.4 Å². The van der Waals surface area contributed by atoms with Gasteiger partial charge in [-0.05, 0) is 92.8 Å². The molecule has 0 bridgehead atoms. The molecule has 51 heavy (non-hydrogen) atoms. The standard InChI is InChI=1S/C38H42N4O7S2/c1-26-8-20-32(21-9-26)50(43,44)40-34(28-12-16-30(47-3)17-13-28)36-38(42-24-6-5-7-25-42)49-37(39-36)35(29-14-18-31(48-4)19-15-29)41-51(45,46)33-22-10-27(2)11-23-33/h8-23,34-35,40-41H,5-7,24-25H2,1-4H3. The molecular weight excluding hydrogens is 689 g/mol. The average Bonchev–Trinajstić information content (AvgIpc) is 3.59. The highest BCUT2D eigenvalue weighted by molar-refractivity contribution is 7.89. The predicted molar refractivity (Wildman–Crippen MR) is 195 cm³/mol. The van der Waals surface area contributed by atoms with E-state index in [1.54, 1.807) is 111 Å². The van der Waals surface area contributed by atoms with Gasteiger partial charge in [0.2, 0.25) is 31.8 Å². The Morgan fingerprint density at radius 2 is 1.06 bits per heavy atom. The summed E-state index contributed by atoms with van der Waals surface area (Å²) in [6, 6.07) is 25.0. The number of methoxy groups -OCH3 is 2. The van der Waals surface area contributed by atoms with Crippen LogP contribution in [-0.2, 0) is 20.0 Å². The van der Waals surface area contributed by atoms with Crippen LogP contribution in [0.5, 0.6) is 11.5 Å². The number of hydrogen-bond acceptors (Lipinski definition) is 9. The summed E-state index contributed by atoms with van der Waals surface area (Å²) < 4.78 is 78.8. The van der Waals surface area contributed by atoms with Crippen LogP contribution in [0.3, 0.4) is 0 Å². The van der Waals surface area contributed by atoms with Crippen molar-refractivity contribution < 1.29 is 30.7 Å².